The van der Waals surface area contributed by atoms with Gasteiger partial charge in [0, 0.05) is 7.11 Å². The molecule has 0 aromatic carbocycles. The van der Waals surface area contributed by atoms with Gasteiger partial charge in [-0.25, -0.2) is 9.97 Å². The third kappa shape index (κ3) is 1.82. The molecule has 66 valence electrons. The maximum Gasteiger partial charge on any atom is 0.179 e. The number of rotatable bonds is 3. The molecule has 5 nitrogen and oxygen atoms in total. The second kappa shape index (κ2) is 3.87. The molecule has 0 amide bonds. The van der Waals surface area contributed by atoms with Crippen LogP contribution in [0.4, 0.5) is 5.82 Å². The van der Waals surface area contributed by atoms with Crippen molar-refractivity contribution in [3.05, 3.63) is 12.0 Å². The van der Waals surface area contributed by atoms with Gasteiger partial charge in [0.25, 0.3) is 0 Å². The third-order valence-electron chi connectivity index (χ3n) is 1.33. The average Bonchev–Trinajstić information content (AvgIpc) is 2.05. The number of anilines is 1. The highest BCUT2D eigenvalue weighted by atomic mass is 16.5. The molecule has 0 saturated carbocycles. The van der Waals surface area contributed by atoms with Crippen LogP contribution in [-0.2, 0) is 11.3 Å². The molecule has 0 aliphatic heterocycles. The predicted molar refractivity (Wildman–Crippen MR) is 43.7 cm³/mol. The Balaban J connectivity index is 2.86. The van der Waals surface area contributed by atoms with Gasteiger partial charge in [0.1, 0.15) is 6.61 Å². The summed E-state index contributed by atoms with van der Waals surface area (Å²) in [5, 5.41) is 0. The number of nitrogens with two attached hydrogens (primary N) is 1. The number of hydrogen-bond donors (Lipinski definition) is 1. The van der Waals surface area contributed by atoms with E-state index in [9.17, 15) is 0 Å². The van der Waals surface area contributed by atoms with Crippen molar-refractivity contribution in [3.8, 4) is 5.75 Å². The monoisotopic (exact) mass is 169 g/mol. The van der Waals surface area contributed by atoms with Gasteiger partial charge in [-0.1, -0.05) is 0 Å². The van der Waals surface area contributed by atoms with E-state index < -0.39 is 0 Å². The molecule has 1 aromatic rings. The van der Waals surface area contributed by atoms with E-state index >= 15 is 0 Å². The van der Waals surface area contributed by atoms with E-state index in [1.54, 1.807) is 7.11 Å². The van der Waals surface area contributed by atoms with Gasteiger partial charge in [-0.3, -0.25) is 0 Å². The summed E-state index contributed by atoms with van der Waals surface area (Å²) in [6.07, 6.45) is 1.52. The molecule has 0 aliphatic rings. The summed E-state index contributed by atoms with van der Waals surface area (Å²) in [6.45, 7) is 0.355. The average molecular weight is 169 g/mol. The molecule has 0 spiro atoms. The predicted octanol–water partition coefficient (Wildman–Crippen LogP) is 0.214. The first-order chi connectivity index (χ1) is 5.77. The van der Waals surface area contributed by atoms with Crippen LogP contribution in [-0.4, -0.2) is 24.2 Å². The molecule has 0 radical (unpaired) electrons. The minimum atomic E-state index is 0.333. The first kappa shape index (κ1) is 8.73. The summed E-state index contributed by atoms with van der Waals surface area (Å²) in [5.74, 6) is 1.37. The zero-order chi connectivity index (χ0) is 8.97. The molecular weight excluding hydrogens is 158 g/mol. The molecule has 0 bridgehead atoms. The zero-order valence-corrected chi connectivity index (χ0v) is 7.07. The Morgan fingerprint density at radius 3 is 2.75 bits per heavy atom. The molecule has 1 heterocycles. The lowest BCUT2D eigenvalue weighted by molar-refractivity contribution is 0.177. The molecule has 0 atom stereocenters. The van der Waals surface area contributed by atoms with Crippen LogP contribution in [0.1, 0.15) is 5.82 Å². The van der Waals surface area contributed by atoms with Crippen LogP contribution in [0.5, 0.6) is 5.75 Å². The quantitative estimate of drug-likeness (QED) is 0.700. The van der Waals surface area contributed by atoms with E-state index in [1.165, 1.54) is 13.3 Å². The maximum atomic E-state index is 5.53. The van der Waals surface area contributed by atoms with Crippen molar-refractivity contribution in [3.63, 3.8) is 0 Å². The summed E-state index contributed by atoms with van der Waals surface area (Å²) in [5.41, 5.74) is 5.53. The molecule has 0 aliphatic carbocycles. The summed E-state index contributed by atoms with van der Waals surface area (Å²) >= 11 is 0. The Bertz CT molecular complexity index is 265. The second-order valence-electron chi connectivity index (χ2n) is 2.17. The van der Waals surface area contributed by atoms with E-state index in [1.807, 2.05) is 0 Å². The highest BCUT2D eigenvalue weighted by Gasteiger charge is 2.02. The lowest BCUT2D eigenvalue weighted by Crippen LogP contribution is -2.02. The molecular formula is C7H11N3O2. The van der Waals surface area contributed by atoms with Crippen molar-refractivity contribution < 1.29 is 9.47 Å². The first-order valence-electron chi connectivity index (χ1n) is 3.42. The lowest BCUT2D eigenvalue weighted by Gasteiger charge is -2.03. The standard InChI is InChI=1S/C7H11N3O2/c1-11-4-6-9-3-5(12-2)7(8)10-6/h3H,4H2,1-2H3,(H2,8,9,10). The smallest absolute Gasteiger partial charge is 0.179 e. The van der Waals surface area contributed by atoms with E-state index in [-0.39, 0.29) is 0 Å². The molecule has 0 fully saturated rings. The minimum Gasteiger partial charge on any atom is -0.491 e. The molecule has 0 saturated heterocycles. The highest BCUT2D eigenvalue weighted by Crippen LogP contribution is 2.15. The fourth-order valence-electron chi connectivity index (χ4n) is 0.778. The topological polar surface area (TPSA) is 70.3 Å². The summed E-state index contributed by atoms with van der Waals surface area (Å²) in [7, 11) is 3.09. The van der Waals surface area contributed by atoms with Crippen molar-refractivity contribution in [1.82, 2.24) is 9.97 Å². The third-order valence-corrected chi connectivity index (χ3v) is 1.33. The Kier molecular flexibility index (Phi) is 2.82. The number of nitrogen functional groups attached to an aromatic ring is 1. The van der Waals surface area contributed by atoms with Gasteiger partial charge >= 0.3 is 0 Å². The fraction of sp³-hybridized carbons (Fsp3) is 0.429. The van der Waals surface area contributed by atoms with E-state index in [0.717, 1.165) is 0 Å². The van der Waals surface area contributed by atoms with Crippen LogP contribution in [0.3, 0.4) is 0 Å². The van der Waals surface area contributed by atoms with Crippen LogP contribution in [0.15, 0.2) is 6.20 Å². The SMILES string of the molecule is COCc1ncc(OC)c(N)n1. The number of ether oxygens (including phenoxy) is 2. The number of aromatic nitrogens is 2. The van der Waals surface area contributed by atoms with Crippen LogP contribution >= 0.6 is 0 Å². The van der Waals surface area contributed by atoms with Gasteiger partial charge in [0.2, 0.25) is 0 Å². The Hall–Kier alpha value is -1.36. The maximum absolute atomic E-state index is 5.53. The van der Waals surface area contributed by atoms with Gasteiger partial charge in [-0.05, 0) is 0 Å². The lowest BCUT2D eigenvalue weighted by atomic mass is 10.5. The zero-order valence-electron chi connectivity index (χ0n) is 7.07. The summed E-state index contributed by atoms with van der Waals surface area (Å²) in [4.78, 5) is 7.91. The number of nitrogens with zero attached hydrogens (tertiary/aromatic N) is 2. The van der Waals surface area contributed by atoms with Crippen molar-refractivity contribution >= 4 is 5.82 Å². The Morgan fingerprint density at radius 1 is 1.50 bits per heavy atom. The second-order valence-corrected chi connectivity index (χ2v) is 2.17. The van der Waals surface area contributed by atoms with E-state index in [4.69, 9.17) is 15.2 Å². The van der Waals surface area contributed by atoms with E-state index in [0.29, 0.717) is 24.0 Å². The molecule has 0 unspecified atom stereocenters. The summed E-state index contributed by atoms with van der Waals surface area (Å²) in [6, 6.07) is 0. The number of methoxy groups -OCH3 is 2. The Morgan fingerprint density at radius 2 is 2.25 bits per heavy atom. The molecule has 12 heavy (non-hydrogen) atoms. The van der Waals surface area contributed by atoms with Gasteiger partial charge in [0.15, 0.2) is 17.4 Å². The van der Waals surface area contributed by atoms with Gasteiger partial charge in [0.05, 0.1) is 13.3 Å². The van der Waals surface area contributed by atoms with Crippen molar-refractivity contribution in [2.75, 3.05) is 20.0 Å². The van der Waals surface area contributed by atoms with E-state index in [2.05, 4.69) is 9.97 Å². The van der Waals surface area contributed by atoms with Crippen molar-refractivity contribution in [2.45, 2.75) is 6.61 Å². The van der Waals surface area contributed by atoms with Gasteiger partial charge < -0.3 is 15.2 Å². The highest BCUT2D eigenvalue weighted by molar-refractivity contribution is 5.43. The fourth-order valence-corrected chi connectivity index (χ4v) is 0.778. The van der Waals surface area contributed by atoms with Gasteiger partial charge in [-0.2, -0.15) is 0 Å². The van der Waals surface area contributed by atoms with Crippen LogP contribution in [0, 0.1) is 0 Å². The first-order valence-corrected chi connectivity index (χ1v) is 3.42. The minimum absolute atomic E-state index is 0.333. The Labute approximate surface area is 70.5 Å². The molecule has 5 heteroatoms. The number of hydrogen-bond acceptors (Lipinski definition) is 5. The normalized spacial score (nSPS) is 9.83. The molecule has 2 N–H and O–H groups in total. The summed E-state index contributed by atoms with van der Waals surface area (Å²) < 4.78 is 9.72. The molecule has 1 aromatic heterocycles. The van der Waals surface area contributed by atoms with Gasteiger partial charge in [-0.15, -0.1) is 0 Å². The van der Waals surface area contributed by atoms with Crippen LogP contribution < -0.4 is 10.5 Å². The largest absolute Gasteiger partial charge is 0.491 e. The van der Waals surface area contributed by atoms with Crippen LogP contribution in [0.2, 0.25) is 0 Å². The van der Waals surface area contributed by atoms with Crippen LogP contribution in [0.25, 0.3) is 0 Å². The van der Waals surface area contributed by atoms with Crippen molar-refractivity contribution in [1.29, 1.82) is 0 Å². The van der Waals surface area contributed by atoms with Crippen molar-refractivity contribution in [2.24, 2.45) is 0 Å². The molecule has 1 rings (SSSR count).